The molecule has 0 aliphatic heterocycles. The van der Waals surface area contributed by atoms with Crippen molar-refractivity contribution in [3.63, 3.8) is 0 Å². The molecule has 0 aromatic heterocycles. The van der Waals surface area contributed by atoms with E-state index in [2.05, 4.69) is 20.8 Å². The van der Waals surface area contributed by atoms with Crippen molar-refractivity contribution in [3.05, 3.63) is 0 Å². The molecule has 4 aliphatic carbocycles. The number of carbonyl (C=O) groups is 1. The van der Waals surface area contributed by atoms with Crippen molar-refractivity contribution in [2.75, 3.05) is 0 Å². The van der Waals surface area contributed by atoms with Gasteiger partial charge in [-0.3, -0.25) is 0 Å². The summed E-state index contributed by atoms with van der Waals surface area (Å²) >= 11 is 0. The number of hydrogen-bond donors (Lipinski definition) is 3. The fourth-order valence-corrected chi connectivity index (χ4v) is 8.83. The first-order valence-electron chi connectivity index (χ1n) is 11.8. The van der Waals surface area contributed by atoms with Crippen LogP contribution in [0.15, 0.2) is 0 Å². The van der Waals surface area contributed by atoms with Crippen molar-refractivity contribution < 1.29 is 20.1 Å². The lowest BCUT2D eigenvalue weighted by Gasteiger charge is -2.61. The molecule has 0 radical (unpaired) electrons. The minimum absolute atomic E-state index is 0.0825. The minimum Gasteiger partial charge on any atom is -0.479 e. The Morgan fingerprint density at radius 2 is 1.68 bits per heavy atom. The second-order valence-electron chi connectivity index (χ2n) is 11.4. The molecule has 0 unspecified atom stereocenters. The van der Waals surface area contributed by atoms with Gasteiger partial charge in [-0.15, -0.1) is 0 Å². The second kappa shape index (κ2) is 7.27. The minimum atomic E-state index is -1.22. The Hall–Kier alpha value is -0.610. The molecule has 160 valence electrons. The number of aliphatic hydroxyl groups is 2. The zero-order chi connectivity index (χ0) is 20.3. The van der Waals surface area contributed by atoms with E-state index in [-0.39, 0.29) is 12.0 Å². The molecule has 4 saturated carbocycles. The Morgan fingerprint density at radius 3 is 2.39 bits per heavy atom. The van der Waals surface area contributed by atoms with Crippen LogP contribution in [0, 0.1) is 46.3 Å². The van der Waals surface area contributed by atoms with E-state index in [0.29, 0.717) is 29.1 Å². The van der Waals surface area contributed by atoms with E-state index >= 15 is 0 Å². The molecule has 4 rings (SSSR count). The quantitative estimate of drug-likeness (QED) is 0.659. The lowest BCUT2D eigenvalue weighted by Crippen LogP contribution is -2.54. The maximum Gasteiger partial charge on any atom is 0.332 e. The van der Waals surface area contributed by atoms with Gasteiger partial charge in [0.05, 0.1) is 6.10 Å². The summed E-state index contributed by atoms with van der Waals surface area (Å²) in [5.74, 6) is 2.77. The Kier molecular flexibility index (Phi) is 5.36. The van der Waals surface area contributed by atoms with Crippen LogP contribution >= 0.6 is 0 Å². The van der Waals surface area contributed by atoms with Gasteiger partial charge >= 0.3 is 5.97 Å². The average molecular weight is 393 g/mol. The SMILES string of the molecule is C[C@H](C[C@@H](O)C(=O)O)[C@H]1CC[C@H]2[C@@H]3CC[C@@H]4C[C@H](O)CC[C@]4(C)[C@H]3CC[C@]12C. The Morgan fingerprint density at radius 1 is 1.00 bits per heavy atom. The monoisotopic (exact) mass is 392 g/mol. The molecule has 28 heavy (non-hydrogen) atoms. The number of hydrogen-bond acceptors (Lipinski definition) is 3. The molecule has 0 spiro atoms. The zero-order valence-electron chi connectivity index (χ0n) is 17.9. The highest BCUT2D eigenvalue weighted by Gasteiger charge is 2.60. The van der Waals surface area contributed by atoms with Crippen LogP contribution in [-0.4, -0.2) is 33.5 Å². The molecule has 0 aromatic rings. The van der Waals surface area contributed by atoms with Crippen molar-refractivity contribution in [2.45, 2.75) is 97.2 Å². The first kappa shape index (κ1) is 20.7. The smallest absolute Gasteiger partial charge is 0.332 e. The highest BCUT2D eigenvalue weighted by atomic mass is 16.4. The Labute approximate surface area is 170 Å². The van der Waals surface area contributed by atoms with Crippen LogP contribution in [-0.2, 0) is 4.79 Å². The largest absolute Gasteiger partial charge is 0.479 e. The number of aliphatic hydroxyl groups excluding tert-OH is 2. The fraction of sp³-hybridized carbons (Fsp3) is 0.958. The molecule has 3 N–H and O–H groups in total. The molecule has 4 fully saturated rings. The van der Waals surface area contributed by atoms with Gasteiger partial charge < -0.3 is 15.3 Å². The van der Waals surface area contributed by atoms with Crippen LogP contribution in [0.3, 0.4) is 0 Å². The number of carboxylic acids is 1. The summed E-state index contributed by atoms with van der Waals surface area (Å²) in [4.78, 5) is 11.1. The van der Waals surface area contributed by atoms with Gasteiger partial charge in [-0.1, -0.05) is 20.8 Å². The highest BCUT2D eigenvalue weighted by molar-refractivity contribution is 5.71. The van der Waals surface area contributed by atoms with E-state index in [9.17, 15) is 15.0 Å². The summed E-state index contributed by atoms with van der Waals surface area (Å²) in [7, 11) is 0. The third-order valence-corrected chi connectivity index (χ3v) is 10.3. The Bertz CT molecular complexity index is 605. The number of aliphatic carboxylic acids is 1. The van der Waals surface area contributed by atoms with Gasteiger partial charge in [-0.25, -0.2) is 4.79 Å². The summed E-state index contributed by atoms with van der Waals surface area (Å²) in [6.45, 7) is 7.17. The normalized spacial score (nSPS) is 50.2. The topological polar surface area (TPSA) is 77.8 Å². The van der Waals surface area contributed by atoms with E-state index in [4.69, 9.17) is 5.11 Å². The summed E-state index contributed by atoms with van der Waals surface area (Å²) in [6.07, 6.45) is 9.86. The highest BCUT2D eigenvalue weighted by Crippen LogP contribution is 2.68. The molecule has 10 atom stereocenters. The van der Waals surface area contributed by atoms with Gasteiger partial charge in [0, 0.05) is 0 Å². The van der Waals surface area contributed by atoms with Crippen molar-refractivity contribution >= 4 is 5.97 Å². The molecule has 4 nitrogen and oxygen atoms in total. The lowest BCUT2D eigenvalue weighted by atomic mass is 9.44. The van der Waals surface area contributed by atoms with Gasteiger partial charge in [0.25, 0.3) is 0 Å². The van der Waals surface area contributed by atoms with Crippen molar-refractivity contribution in [2.24, 2.45) is 46.3 Å². The molecule has 4 heteroatoms. The average Bonchev–Trinajstić information content (AvgIpc) is 2.99. The standard InChI is InChI=1S/C24H40O4/c1-14(12-21(26)22(27)28)18-6-7-19-17-5-4-15-13-16(25)8-10-23(15,2)20(17)9-11-24(18,19)3/h14-21,25-26H,4-13H2,1-3H3,(H,27,28)/t14-,15-,16-,17+,18-,19+,20+,21-,23+,24-/m1/s1. The third-order valence-electron chi connectivity index (χ3n) is 10.3. The first-order chi connectivity index (χ1) is 13.2. The van der Waals surface area contributed by atoms with Crippen molar-refractivity contribution in [3.8, 4) is 0 Å². The van der Waals surface area contributed by atoms with Gasteiger partial charge in [-0.05, 0) is 111 Å². The van der Waals surface area contributed by atoms with Gasteiger partial charge in [0.15, 0.2) is 6.10 Å². The number of carboxylic acid groups (broad SMARTS) is 1. The van der Waals surface area contributed by atoms with Crippen molar-refractivity contribution in [1.29, 1.82) is 0 Å². The molecule has 0 aromatic carbocycles. The molecule has 0 saturated heterocycles. The van der Waals surface area contributed by atoms with Crippen LogP contribution in [0.4, 0.5) is 0 Å². The molecular formula is C24H40O4. The molecular weight excluding hydrogens is 352 g/mol. The van der Waals surface area contributed by atoms with Crippen LogP contribution in [0.5, 0.6) is 0 Å². The first-order valence-corrected chi connectivity index (χ1v) is 11.8. The fourth-order valence-electron chi connectivity index (χ4n) is 8.83. The van der Waals surface area contributed by atoms with Crippen LogP contribution in [0.25, 0.3) is 0 Å². The number of rotatable bonds is 4. The van der Waals surface area contributed by atoms with Gasteiger partial charge in [0.1, 0.15) is 0 Å². The third kappa shape index (κ3) is 3.14. The van der Waals surface area contributed by atoms with E-state index < -0.39 is 12.1 Å². The van der Waals surface area contributed by atoms with E-state index in [0.717, 1.165) is 30.6 Å². The molecule has 0 amide bonds. The van der Waals surface area contributed by atoms with E-state index in [1.165, 1.54) is 44.9 Å². The molecule has 0 bridgehead atoms. The molecule has 0 heterocycles. The summed E-state index contributed by atoms with van der Waals surface area (Å²) in [6, 6.07) is 0. The van der Waals surface area contributed by atoms with E-state index in [1.807, 2.05) is 0 Å². The summed E-state index contributed by atoms with van der Waals surface area (Å²) < 4.78 is 0. The van der Waals surface area contributed by atoms with Gasteiger partial charge in [-0.2, -0.15) is 0 Å². The predicted octanol–water partition coefficient (Wildman–Crippen LogP) is 4.48. The van der Waals surface area contributed by atoms with Crippen LogP contribution in [0.2, 0.25) is 0 Å². The van der Waals surface area contributed by atoms with Crippen LogP contribution < -0.4 is 0 Å². The predicted molar refractivity (Wildman–Crippen MR) is 109 cm³/mol. The maximum atomic E-state index is 11.1. The summed E-state index contributed by atoms with van der Waals surface area (Å²) in [5.41, 5.74) is 0.711. The lowest BCUT2D eigenvalue weighted by molar-refractivity contribution is -0.148. The number of fused-ring (bicyclic) bond motifs is 5. The van der Waals surface area contributed by atoms with Crippen molar-refractivity contribution in [1.82, 2.24) is 0 Å². The zero-order valence-corrected chi connectivity index (χ0v) is 17.9. The second-order valence-corrected chi connectivity index (χ2v) is 11.4. The Balaban J connectivity index is 1.51. The molecule has 4 aliphatic rings. The summed E-state index contributed by atoms with van der Waals surface area (Å²) in [5, 5.41) is 29.2. The van der Waals surface area contributed by atoms with Gasteiger partial charge in [0.2, 0.25) is 0 Å². The maximum absolute atomic E-state index is 11.1. The van der Waals surface area contributed by atoms with Crippen LogP contribution in [0.1, 0.15) is 85.0 Å². The van der Waals surface area contributed by atoms with E-state index in [1.54, 1.807) is 0 Å².